The van der Waals surface area contributed by atoms with Gasteiger partial charge in [-0.25, -0.2) is 10.8 Å². The Balaban J connectivity index is 2.08. The molecule has 3 rings (SSSR count). The maximum atomic E-state index is 12.0. The van der Waals surface area contributed by atoms with Gasteiger partial charge in [-0.3, -0.25) is 4.79 Å². The SMILES string of the molecule is Cc1ccn(Cc2cc3ccccc3nc2NN)c(=O)c1. The van der Waals surface area contributed by atoms with Gasteiger partial charge in [-0.05, 0) is 30.7 Å². The monoisotopic (exact) mass is 280 g/mol. The van der Waals surface area contributed by atoms with Crippen LogP contribution in [0.5, 0.6) is 0 Å². The molecule has 0 saturated heterocycles. The second kappa shape index (κ2) is 5.38. The van der Waals surface area contributed by atoms with Crippen LogP contribution >= 0.6 is 0 Å². The number of rotatable bonds is 3. The van der Waals surface area contributed by atoms with Crippen LogP contribution in [-0.2, 0) is 6.54 Å². The van der Waals surface area contributed by atoms with E-state index in [0.717, 1.165) is 22.0 Å². The maximum absolute atomic E-state index is 12.0. The second-order valence-corrected chi connectivity index (χ2v) is 5.00. The zero-order valence-electron chi connectivity index (χ0n) is 11.7. The molecular weight excluding hydrogens is 264 g/mol. The smallest absolute Gasteiger partial charge is 0.251 e. The highest BCUT2D eigenvalue weighted by atomic mass is 16.1. The van der Waals surface area contributed by atoms with Crippen molar-refractivity contribution in [2.75, 3.05) is 5.43 Å². The minimum Gasteiger partial charge on any atom is -0.311 e. The predicted octanol–water partition coefficient (Wildman–Crippen LogP) is 2.04. The van der Waals surface area contributed by atoms with Crippen LogP contribution in [0.1, 0.15) is 11.1 Å². The first-order valence-corrected chi connectivity index (χ1v) is 6.70. The molecule has 2 aromatic heterocycles. The summed E-state index contributed by atoms with van der Waals surface area (Å²) < 4.78 is 1.64. The highest BCUT2D eigenvalue weighted by Crippen LogP contribution is 2.20. The van der Waals surface area contributed by atoms with Gasteiger partial charge in [0.1, 0.15) is 5.82 Å². The minimum atomic E-state index is -0.0360. The summed E-state index contributed by atoms with van der Waals surface area (Å²) >= 11 is 0. The Labute approximate surface area is 122 Å². The summed E-state index contributed by atoms with van der Waals surface area (Å²) in [7, 11) is 0. The van der Waals surface area contributed by atoms with E-state index in [9.17, 15) is 4.79 Å². The molecule has 0 bridgehead atoms. The molecule has 3 N–H and O–H groups in total. The van der Waals surface area contributed by atoms with Crippen LogP contribution in [0.15, 0.2) is 53.5 Å². The van der Waals surface area contributed by atoms with Crippen molar-refractivity contribution in [2.45, 2.75) is 13.5 Å². The number of hydrogen-bond donors (Lipinski definition) is 2. The van der Waals surface area contributed by atoms with Gasteiger partial charge in [0, 0.05) is 23.2 Å². The molecule has 0 aliphatic carbocycles. The lowest BCUT2D eigenvalue weighted by atomic mass is 10.1. The normalized spacial score (nSPS) is 10.8. The lowest BCUT2D eigenvalue weighted by Gasteiger charge is -2.11. The first-order chi connectivity index (χ1) is 10.2. The predicted molar refractivity (Wildman–Crippen MR) is 84.1 cm³/mol. The number of aromatic nitrogens is 2. The molecule has 5 heteroatoms. The fourth-order valence-corrected chi connectivity index (χ4v) is 2.33. The molecule has 2 heterocycles. The molecule has 0 saturated carbocycles. The van der Waals surface area contributed by atoms with E-state index in [0.29, 0.717) is 12.4 Å². The first kappa shape index (κ1) is 13.3. The van der Waals surface area contributed by atoms with Gasteiger partial charge in [-0.15, -0.1) is 0 Å². The summed E-state index contributed by atoms with van der Waals surface area (Å²) in [6, 6.07) is 13.3. The van der Waals surface area contributed by atoms with Gasteiger partial charge >= 0.3 is 0 Å². The van der Waals surface area contributed by atoms with Gasteiger partial charge in [0.2, 0.25) is 0 Å². The zero-order chi connectivity index (χ0) is 14.8. The van der Waals surface area contributed by atoms with E-state index < -0.39 is 0 Å². The van der Waals surface area contributed by atoms with Crippen LogP contribution in [0.2, 0.25) is 0 Å². The van der Waals surface area contributed by atoms with Crippen LogP contribution in [0, 0.1) is 6.92 Å². The Hall–Kier alpha value is -2.66. The van der Waals surface area contributed by atoms with Crippen molar-refractivity contribution >= 4 is 16.7 Å². The number of fused-ring (bicyclic) bond motifs is 1. The standard InChI is InChI=1S/C16H16N4O/c1-11-6-7-20(15(21)8-11)10-13-9-12-4-2-3-5-14(12)18-16(13)19-17/h2-9H,10,17H2,1H3,(H,18,19). The summed E-state index contributed by atoms with van der Waals surface area (Å²) in [6.07, 6.45) is 1.78. The van der Waals surface area contributed by atoms with E-state index in [4.69, 9.17) is 5.84 Å². The molecule has 106 valence electrons. The molecule has 0 spiro atoms. The van der Waals surface area contributed by atoms with E-state index in [1.54, 1.807) is 16.8 Å². The van der Waals surface area contributed by atoms with E-state index in [1.807, 2.05) is 43.3 Å². The highest BCUT2D eigenvalue weighted by molar-refractivity contribution is 5.81. The average molecular weight is 280 g/mol. The fourth-order valence-electron chi connectivity index (χ4n) is 2.33. The van der Waals surface area contributed by atoms with Gasteiger partial charge in [0.15, 0.2) is 0 Å². The molecule has 0 aliphatic heterocycles. The van der Waals surface area contributed by atoms with Crippen molar-refractivity contribution in [3.8, 4) is 0 Å². The average Bonchev–Trinajstić information content (AvgIpc) is 2.49. The fraction of sp³-hybridized carbons (Fsp3) is 0.125. The molecular formula is C16H16N4O. The molecule has 0 radical (unpaired) electrons. The van der Waals surface area contributed by atoms with Gasteiger partial charge in [0.25, 0.3) is 5.56 Å². The number of nitrogens with two attached hydrogens (primary N) is 1. The number of hydrogen-bond acceptors (Lipinski definition) is 4. The van der Waals surface area contributed by atoms with Crippen molar-refractivity contribution in [1.82, 2.24) is 9.55 Å². The van der Waals surface area contributed by atoms with E-state index in [1.165, 1.54) is 0 Å². The lowest BCUT2D eigenvalue weighted by molar-refractivity contribution is 0.756. The van der Waals surface area contributed by atoms with Gasteiger partial charge in [0.05, 0.1) is 12.1 Å². The topological polar surface area (TPSA) is 72.9 Å². The van der Waals surface area contributed by atoms with Gasteiger partial charge in [-0.1, -0.05) is 18.2 Å². The number of anilines is 1. The molecule has 3 aromatic rings. The van der Waals surface area contributed by atoms with Crippen molar-refractivity contribution in [1.29, 1.82) is 0 Å². The number of para-hydroxylation sites is 1. The summed E-state index contributed by atoms with van der Waals surface area (Å²) in [5.41, 5.74) is 5.27. The number of nitrogens with zero attached hydrogens (tertiary/aromatic N) is 2. The molecule has 0 atom stereocenters. The third-order valence-corrected chi connectivity index (χ3v) is 3.43. The Kier molecular flexibility index (Phi) is 3.41. The van der Waals surface area contributed by atoms with Crippen LogP contribution in [0.25, 0.3) is 10.9 Å². The van der Waals surface area contributed by atoms with Crippen LogP contribution < -0.4 is 16.8 Å². The molecule has 0 aliphatic rings. The number of nitrogens with one attached hydrogen (secondary N) is 1. The van der Waals surface area contributed by atoms with Crippen LogP contribution in [0.3, 0.4) is 0 Å². The summed E-state index contributed by atoms with van der Waals surface area (Å²) in [5, 5.41) is 1.02. The molecule has 1 aromatic carbocycles. The summed E-state index contributed by atoms with van der Waals surface area (Å²) in [4.78, 5) is 16.5. The molecule has 0 unspecified atom stereocenters. The van der Waals surface area contributed by atoms with Crippen LogP contribution in [0.4, 0.5) is 5.82 Å². The Morgan fingerprint density at radius 2 is 2.05 bits per heavy atom. The summed E-state index contributed by atoms with van der Waals surface area (Å²) in [5.74, 6) is 6.14. The third kappa shape index (κ3) is 2.64. The number of hydrazine groups is 1. The van der Waals surface area contributed by atoms with Crippen molar-refractivity contribution in [3.63, 3.8) is 0 Å². The number of aryl methyl sites for hydroxylation is 1. The van der Waals surface area contributed by atoms with E-state index in [-0.39, 0.29) is 5.56 Å². The highest BCUT2D eigenvalue weighted by Gasteiger charge is 2.07. The molecule has 21 heavy (non-hydrogen) atoms. The second-order valence-electron chi connectivity index (χ2n) is 5.00. The molecule has 0 amide bonds. The van der Waals surface area contributed by atoms with Gasteiger partial charge < -0.3 is 9.99 Å². The zero-order valence-corrected chi connectivity index (χ0v) is 11.7. The minimum absolute atomic E-state index is 0.0360. The van der Waals surface area contributed by atoms with Crippen molar-refractivity contribution < 1.29 is 0 Å². The maximum Gasteiger partial charge on any atom is 0.251 e. The van der Waals surface area contributed by atoms with Crippen molar-refractivity contribution in [2.24, 2.45) is 5.84 Å². The number of benzene rings is 1. The van der Waals surface area contributed by atoms with Crippen LogP contribution in [-0.4, -0.2) is 9.55 Å². The first-order valence-electron chi connectivity index (χ1n) is 6.70. The third-order valence-electron chi connectivity index (χ3n) is 3.43. The lowest BCUT2D eigenvalue weighted by Crippen LogP contribution is -2.21. The van der Waals surface area contributed by atoms with E-state index in [2.05, 4.69) is 10.4 Å². The Morgan fingerprint density at radius 1 is 1.24 bits per heavy atom. The Bertz CT molecular complexity index is 854. The summed E-state index contributed by atoms with van der Waals surface area (Å²) in [6.45, 7) is 2.33. The largest absolute Gasteiger partial charge is 0.311 e. The van der Waals surface area contributed by atoms with E-state index >= 15 is 0 Å². The molecule has 5 nitrogen and oxygen atoms in total. The quantitative estimate of drug-likeness (QED) is 0.569. The molecule has 0 fully saturated rings. The van der Waals surface area contributed by atoms with Gasteiger partial charge in [-0.2, -0.15) is 0 Å². The Morgan fingerprint density at radius 3 is 2.81 bits per heavy atom. The number of nitrogen functional groups attached to an aromatic ring is 1. The number of pyridine rings is 2. The van der Waals surface area contributed by atoms with Crippen molar-refractivity contribution in [3.05, 3.63) is 70.1 Å².